The summed E-state index contributed by atoms with van der Waals surface area (Å²) in [6.07, 6.45) is 4.09. The number of carbonyl (C=O) groups is 1. The molecule has 3 nitrogen and oxygen atoms in total. The summed E-state index contributed by atoms with van der Waals surface area (Å²) in [5.41, 5.74) is 1.05. The summed E-state index contributed by atoms with van der Waals surface area (Å²) < 4.78 is 1.02. The van der Waals surface area contributed by atoms with E-state index in [9.17, 15) is 4.79 Å². The number of nitrogens with one attached hydrogen (secondary N) is 2. The number of rotatable bonds is 5. The maximum atomic E-state index is 11.8. The molecule has 0 bridgehead atoms. The molecule has 1 saturated heterocycles. The highest BCUT2D eigenvalue weighted by atomic mass is 79.9. The lowest BCUT2D eigenvalue weighted by Gasteiger charge is -2.22. The van der Waals surface area contributed by atoms with Crippen LogP contribution in [0.5, 0.6) is 0 Å². The van der Waals surface area contributed by atoms with E-state index in [2.05, 4.69) is 26.6 Å². The second-order valence-electron chi connectivity index (χ2n) is 5.16. The molecular formula is C15H21BrN2O. The van der Waals surface area contributed by atoms with Crippen molar-refractivity contribution in [3.05, 3.63) is 34.3 Å². The van der Waals surface area contributed by atoms with Crippen molar-refractivity contribution in [2.75, 3.05) is 19.6 Å². The highest BCUT2D eigenvalue weighted by Gasteiger charge is 2.12. The lowest BCUT2D eigenvalue weighted by Crippen LogP contribution is -2.33. The van der Waals surface area contributed by atoms with Crippen LogP contribution < -0.4 is 10.6 Å². The number of benzene rings is 1. The zero-order valence-electron chi connectivity index (χ0n) is 11.1. The maximum Gasteiger partial charge on any atom is 0.224 e. The Morgan fingerprint density at radius 2 is 2.37 bits per heavy atom. The van der Waals surface area contributed by atoms with Gasteiger partial charge in [-0.3, -0.25) is 4.79 Å². The van der Waals surface area contributed by atoms with Crippen LogP contribution in [0.1, 0.15) is 24.8 Å². The molecule has 2 N–H and O–H groups in total. The molecule has 1 aliphatic heterocycles. The van der Waals surface area contributed by atoms with Crippen LogP contribution in [0.2, 0.25) is 0 Å². The van der Waals surface area contributed by atoms with E-state index in [1.165, 1.54) is 12.8 Å². The van der Waals surface area contributed by atoms with E-state index in [1.807, 2.05) is 24.3 Å². The van der Waals surface area contributed by atoms with Crippen LogP contribution >= 0.6 is 15.9 Å². The van der Waals surface area contributed by atoms with Crippen LogP contribution in [0.3, 0.4) is 0 Å². The Labute approximate surface area is 123 Å². The first-order valence-corrected chi connectivity index (χ1v) is 7.75. The zero-order valence-corrected chi connectivity index (χ0v) is 12.7. The smallest absolute Gasteiger partial charge is 0.224 e. The van der Waals surface area contributed by atoms with Crippen LogP contribution in [0.4, 0.5) is 0 Å². The molecule has 104 valence electrons. The number of hydrogen-bond donors (Lipinski definition) is 2. The number of piperidine rings is 1. The molecule has 1 aliphatic rings. The van der Waals surface area contributed by atoms with Crippen LogP contribution in [0.25, 0.3) is 0 Å². The average molecular weight is 325 g/mol. The molecule has 1 atom stereocenters. The third kappa shape index (κ3) is 5.33. The molecule has 0 saturated carbocycles. The van der Waals surface area contributed by atoms with Gasteiger partial charge in [0.2, 0.25) is 5.91 Å². The molecular weight excluding hydrogens is 304 g/mol. The topological polar surface area (TPSA) is 41.1 Å². The van der Waals surface area contributed by atoms with Crippen molar-refractivity contribution in [2.24, 2.45) is 5.92 Å². The van der Waals surface area contributed by atoms with Crippen LogP contribution in [-0.4, -0.2) is 25.5 Å². The third-order valence-corrected chi connectivity index (χ3v) is 4.02. The Morgan fingerprint density at radius 3 is 3.11 bits per heavy atom. The molecule has 1 aromatic carbocycles. The molecule has 1 unspecified atom stereocenters. The van der Waals surface area contributed by atoms with E-state index in [4.69, 9.17) is 0 Å². The quantitative estimate of drug-likeness (QED) is 0.873. The van der Waals surface area contributed by atoms with E-state index in [1.54, 1.807) is 0 Å². The minimum absolute atomic E-state index is 0.113. The van der Waals surface area contributed by atoms with Gasteiger partial charge < -0.3 is 10.6 Å². The fourth-order valence-corrected chi connectivity index (χ4v) is 2.93. The van der Waals surface area contributed by atoms with Crippen molar-refractivity contribution in [2.45, 2.75) is 25.7 Å². The Bertz CT molecular complexity index is 416. The summed E-state index contributed by atoms with van der Waals surface area (Å²) >= 11 is 3.42. The highest BCUT2D eigenvalue weighted by molar-refractivity contribution is 9.10. The van der Waals surface area contributed by atoms with Crippen molar-refractivity contribution in [3.8, 4) is 0 Å². The van der Waals surface area contributed by atoms with Crippen LogP contribution in [0.15, 0.2) is 28.7 Å². The molecule has 1 fully saturated rings. The first kappa shape index (κ1) is 14.5. The van der Waals surface area contributed by atoms with E-state index >= 15 is 0 Å². The van der Waals surface area contributed by atoms with Gasteiger partial charge in [0.15, 0.2) is 0 Å². The van der Waals surface area contributed by atoms with Gasteiger partial charge in [-0.2, -0.15) is 0 Å². The largest absolute Gasteiger partial charge is 0.356 e. The van der Waals surface area contributed by atoms with Gasteiger partial charge in [-0.1, -0.05) is 28.1 Å². The number of hydrogen-bond acceptors (Lipinski definition) is 2. The molecule has 0 spiro atoms. The fourth-order valence-electron chi connectivity index (χ4n) is 2.48. The van der Waals surface area contributed by atoms with E-state index < -0.39 is 0 Å². The van der Waals surface area contributed by atoms with E-state index in [-0.39, 0.29) is 5.91 Å². The lowest BCUT2D eigenvalue weighted by molar-refractivity contribution is -0.120. The van der Waals surface area contributed by atoms with Gasteiger partial charge in [0.05, 0.1) is 6.42 Å². The summed E-state index contributed by atoms with van der Waals surface area (Å²) in [4.78, 5) is 11.8. The van der Waals surface area contributed by atoms with Gasteiger partial charge in [0.1, 0.15) is 0 Å². The first-order chi connectivity index (χ1) is 9.24. The van der Waals surface area contributed by atoms with Gasteiger partial charge in [0, 0.05) is 11.0 Å². The third-order valence-electron chi connectivity index (χ3n) is 3.53. The van der Waals surface area contributed by atoms with Crippen LogP contribution in [0, 0.1) is 5.92 Å². The summed E-state index contributed by atoms with van der Waals surface area (Å²) in [5, 5.41) is 6.42. The molecule has 0 radical (unpaired) electrons. The van der Waals surface area contributed by atoms with Crippen LogP contribution in [-0.2, 0) is 11.2 Å². The molecule has 4 heteroatoms. The molecule has 0 aliphatic carbocycles. The van der Waals surface area contributed by atoms with Crippen molar-refractivity contribution in [1.82, 2.24) is 10.6 Å². The summed E-state index contributed by atoms with van der Waals surface area (Å²) in [6, 6.07) is 7.90. The van der Waals surface area contributed by atoms with E-state index in [0.717, 1.165) is 42.0 Å². The molecule has 2 rings (SSSR count). The normalized spacial score (nSPS) is 19.1. The summed E-state index contributed by atoms with van der Waals surface area (Å²) in [5.74, 6) is 0.835. The molecule has 19 heavy (non-hydrogen) atoms. The van der Waals surface area contributed by atoms with Gasteiger partial charge in [0.25, 0.3) is 0 Å². The Morgan fingerprint density at radius 1 is 1.47 bits per heavy atom. The number of halogens is 1. The Balaban J connectivity index is 1.67. The Kier molecular flexibility index (Phi) is 5.86. The number of carbonyl (C=O) groups excluding carboxylic acids is 1. The van der Waals surface area contributed by atoms with Crippen molar-refractivity contribution in [3.63, 3.8) is 0 Å². The van der Waals surface area contributed by atoms with Crippen molar-refractivity contribution < 1.29 is 4.79 Å². The van der Waals surface area contributed by atoms with Crippen molar-refractivity contribution >= 4 is 21.8 Å². The van der Waals surface area contributed by atoms with Crippen molar-refractivity contribution in [1.29, 1.82) is 0 Å². The average Bonchev–Trinajstić information content (AvgIpc) is 2.40. The minimum atomic E-state index is 0.113. The molecule has 0 aromatic heterocycles. The lowest BCUT2D eigenvalue weighted by atomic mass is 9.96. The van der Waals surface area contributed by atoms with Gasteiger partial charge in [-0.15, -0.1) is 0 Å². The Hall–Kier alpha value is -0.870. The highest BCUT2D eigenvalue weighted by Crippen LogP contribution is 2.13. The SMILES string of the molecule is O=C(Cc1cccc(Br)c1)NCCC1CCCNC1. The molecule has 1 aromatic rings. The second-order valence-corrected chi connectivity index (χ2v) is 6.07. The molecule has 1 heterocycles. The summed E-state index contributed by atoms with van der Waals surface area (Å²) in [7, 11) is 0. The zero-order chi connectivity index (χ0) is 13.5. The fraction of sp³-hybridized carbons (Fsp3) is 0.533. The standard InChI is InChI=1S/C15H21BrN2O/c16-14-5-1-3-13(9-14)10-15(19)18-8-6-12-4-2-7-17-11-12/h1,3,5,9,12,17H,2,4,6-8,10-11H2,(H,18,19). The monoisotopic (exact) mass is 324 g/mol. The predicted molar refractivity (Wildman–Crippen MR) is 81.1 cm³/mol. The van der Waals surface area contributed by atoms with Gasteiger partial charge in [-0.05, 0) is 56.0 Å². The predicted octanol–water partition coefficient (Wildman–Crippen LogP) is 2.50. The molecule has 1 amide bonds. The first-order valence-electron chi connectivity index (χ1n) is 6.96. The maximum absolute atomic E-state index is 11.8. The second kappa shape index (κ2) is 7.65. The van der Waals surface area contributed by atoms with Gasteiger partial charge in [-0.25, -0.2) is 0 Å². The summed E-state index contributed by atoms with van der Waals surface area (Å²) in [6.45, 7) is 3.03. The number of amides is 1. The van der Waals surface area contributed by atoms with E-state index in [0.29, 0.717) is 6.42 Å². The minimum Gasteiger partial charge on any atom is -0.356 e. The van der Waals surface area contributed by atoms with Gasteiger partial charge >= 0.3 is 0 Å².